The van der Waals surface area contributed by atoms with Gasteiger partial charge < -0.3 is 10.1 Å². The van der Waals surface area contributed by atoms with Gasteiger partial charge in [0.1, 0.15) is 0 Å². The molecule has 0 aromatic carbocycles. The number of carbonyl (C=O) groups is 1. The predicted octanol–water partition coefficient (Wildman–Crippen LogP) is -0.533. The lowest BCUT2D eigenvalue weighted by molar-refractivity contribution is -0.143. The van der Waals surface area contributed by atoms with E-state index in [1.54, 1.807) is 6.92 Å². The molecule has 0 heterocycles. The van der Waals surface area contributed by atoms with Gasteiger partial charge in [-0.3, -0.25) is 4.79 Å². The molecule has 16 heavy (non-hydrogen) atoms. The molecule has 0 saturated carbocycles. The number of rotatable bonds is 8. The zero-order valence-electron chi connectivity index (χ0n) is 9.95. The molecule has 0 rings (SSSR count). The third kappa shape index (κ3) is 9.88. The van der Waals surface area contributed by atoms with Gasteiger partial charge in [0.15, 0.2) is 0 Å². The van der Waals surface area contributed by atoms with Gasteiger partial charge in [0.05, 0.1) is 19.3 Å². The Kier molecular flexibility index (Phi) is 7.27. The highest BCUT2D eigenvalue weighted by Gasteiger charge is 2.08. The van der Waals surface area contributed by atoms with E-state index in [4.69, 9.17) is 4.74 Å². The van der Waals surface area contributed by atoms with Crippen LogP contribution in [0.5, 0.6) is 0 Å². The molecule has 0 aliphatic rings. The number of carbonyl (C=O) groups excluding carboxylic acids is 1. The molecule has 2 N–H and O–H groups in total. The lowest BCUT2D eigenvalue weighted by Gasteiger charge is -2.12. The number of hydrogen-bond donors (Lipinski definition) is 2. The van der Waals surface area contributed by atoms with Crippen molar-refractivity contribution in [2.45, 2.75) is 26.3 Å². The van der Waals surface area contributed by atoms with Gasteiger partial charge >= 0.3 is 5.97 Å². The minimum atomic E-state index is -3.14. The Morgan fingerprint density at radius 1 is 1.38 bits per heavy atom. The van der Waals surface area contributed by atoms with Crippen molar-refractivity contribution in [3.63, 3.8) is 0 Å². The molecular weight excluding hydrogens is 232 g/mol. The summed E-state index contributed by atoms with van der Waals surface area (Å²) in [6, 6.07) is -0.0274. The second kappa shape index (κ2) is 7.59. The summed E-state index contributed by atoms with van der Waals surface area (Å²) in [5.74, 6) is -0.251. The van der Waals surface area contributed by atoms with E-state index in [9.17, 15) is 13.2 Å². The Morgan fingerprint density at radius 3 is 2.50 bits per heavy atom. The summed E-state index contributed by atoms with van der Waals surface area (Å²) in [5.41, 5.74) is 0. The van der Waals surface area contributed by atoms with Crippen molar-refractivity contribution in [2.75, 3.05) is 26.0 Å². The average Bonchev–Trinajstić information content (AvgIpc) is 2.11. The quantitative estimate of drug-likeness (QED) is 0.448. The van der Waals surface area contributed by atoms with Gasteiger partial charge in [-0.2, -0.15) is 0 Å². The Bertz CT molecular complexity index is 303. The maximum absolute atomic E-state index is 11.1. The predicted molar refractivity (Wildman–Crippen MR) is 61.6 cm³/mol. The summed E-state index contributed by atoms with van der Waals surface area (Å²) in [6.07, 6.45) is 1.39. The number of hydrogen-bond acceptors (Lipinski definition) is 5. The fraction of sp³-hybridized carbons (Fsp3) is 0.889. The molecule has 0 radical (unpaired) electrons. The van der Waals surface area contributed by atoms with Gasteiger partial charge in [-0.05, 0) is 13.8 Å². The maximum atomic E-state index is 11.1. The van der Waals surface area contributed by atoms with Gasteiger partial charge in [0.2, 0.25) is 10.0 Å². The van der Waals surface area contributed by atoms with Crippen molar-refractivity contribution in [1.29, 1.82) is 0 Å². The molecule has 1 atom stereocenters. The summed E-state index contributed by atoms with van der Waals surface area (Å²) in [7, 11) is -3.14. The highest BCUT2D eigenvalue weighted by molar-refractivity contribution is 7.88. The second-order valence-corrected chi connectivity index (χ2v) is 5.36. The van der Waals surface area contributed by atoms with E-state index < -0.39 is 10.0 Å². The first-order chi connectivity index (χ1) is 7.35. The largest absolute Gasteiger partial charge is 0.466 e. The molecule has 6 nitrogen and oxygen atoms in total. The highest BCUT2D eigenvalue weighted by Crippen LogP contribution is 1.93. The summed E-state index contributed by atoms with van der Waals surface area (Å²) in [4.78, 5) is 11.1. The van der Waals surface area contributed by atoms with Crippen molar-refractivity contribution in [1.82, 2.24) is 10.0 Å². The van der Waals surface area contributed by atoms with Crippen LogP contribution < -0.4 is 10.0 Å². The summed E-state index contributed by atoms with van der Waals surface area (Å²) < 4.78 is 28.6. The van der Waals surface area contributed by atoms with E-state index in [1.165, 1.54) is 0 Å². The van der Waals surface area contributed by atoms with Crippen molar-refractivity contribution < 1.29 is 17.9 Å². The van der Waals surface area contributed by atoms with Crippen LogP contribution in [0, 0.1) is 0 Å². The molecule has 0 aromatic heterocycles. The minimum absolute atomic E-state index is 0.0274. The normalized spacial score (nSPS) is 13.4. The molecule has 96 valence electrons. The van der Waals surface area contributed by atoms with Crippen LogP contribution in [-0.4, -0.2) is 46.4 Å². The van der Waals surface area contributed by atoms with Crippen LogP contribution in [0.3, 0.4) is 0 Å². The smallest absolute Gasteiger partial charge is 0.307 e. The summed E-state index contributed by atoms with van der Waals surface area (Å²) in [5, 5.41) is 3.02. The van der Waals surface area contributed by atoms with Crippen LogP contribution in [0.1, 0.15) is 20.3 Å². The van der Waals surface area contributed by atoms with Crippen LogP contribution in [0.2, 0.25) is 0 Å². The van der Waals surface area contributed by atoms with Crippen LogP contribution in [-0.2, 0) is 19.6 Å². The molecule has 0 aliphatic carbocycles. The van der Waals surface area contributed by atoms with E-state index in [2.05, 4.69) is 10.0 Å². The van der Waals surface area contributed by atoms with Crippen molar-refractivity contribution in [2.24, 2.45) is 0 Å². The molecule has 0 saturated heterocycles. The fourth-order valence-electron chi connectivity index (χ4n) is 1.10. The minimum Gasteiger partial charge on any atom is -0.466 e. The topological polar surface area (TPSA) is 84.5 Å². The van der Waals surface area contributed by atoms with E-state index in [1.807, 2.05) is 6.92 Å². The fourth-order valence-corrected chi connectivity index (χ4v) is 1.57. The van der Waals surface area contributed by atoms with Crippen molar-refractivity contribution in [3.8, 4) is 0 Å². The highest BCUT2D eigenvalue weighted by atomic mass is 32.2. The Hall–Kier alpha value is -0.660. The maximum Gasteiger partial charge on any atom is 0.307 e. The van der Waals surface area contributed by atoms with Gasteiger partial charge in [-0.25, -0.2) is 13.1 Å². The van der Waals surface area contributed by atoms with E-state index in [-0.39, 0.29) is 18.4 Å². The Morgan fingerprint density at radius 2 is 2.00 bits per heavy atom. The Balaban J connectivity index is 3.58. The first-order valence-corrected chi connectivity index (χ1v) is 7.08. The van der Waals surface area contributed by atoms with Crippen molar-refractivity contribution >= 4 is 16.0 Å². The molecule has 0 bridgehead atoms. The van der Waals surface area contributed by atoms with E-state index in [0.717, 1.165) is 6.26 Å². The average molecular weight is 252 g/mol. The zero-order valence-corrected chi connectivity index (χ0v) is 10.8. The monoisotopic (exact) mass is 252 g/mol. The van der Waals surface area contributed by atoms with Crippen LogP contribution in [0.4, 0.5) is 0 Å². The van der Waals surface area contributed by atoms with Gasteiger partial charge in [-0.1, -0.05) is 0 Å². The first-order valence-electron chi connectivity index (χ1n) is 5.18. The third-order valence-corrected chi connectivity index (χ3v) is 2.49. The van der Waals surface area contributed by atoms with E-state index in [0.29, 0.717) is 19.7 Å². The molecule has 0 aromatic rings. The van der Waals surface area contributed by atoms with Crippen LogP contribution in [0.15, 0.2) is 0 Å². The van der Waals surface area contributed by atoms with E-state index >= 15 is 0 Å². The standard InChI is InChI=1S/C9H20N2O4S/c1-4-15-9(12)7-8(2)10-5-6-11-16(3,13)14/h8,10-11H,4-7H2,1-3H3. The summed E-state index contributed by atoms with van der Waals surface area (Å²) in [6.45, 7) is 4.77. The van der Waals surface area contributed by atoms with Gasteiger partial charge in [0.25, 0.3) is 0 Å². The molecule has 0 aliphatic heterocycles. The molecule has 0 amide bonds. The lowest BCUT2D eigenvalue weighted by atomic mass is 10.2. The number of nitrogens with one attached hydrogen (secondary N) is 2. The zero-order chi connectivity index (χ0) is 12.6. The third-order valence-electron chi connectivity index (χ3n) is 1.76. The van der Waals surface area contributed by atoms with Crippen LogP contribution in [0.25, 0.3) is 0 Å². The molecule has 0 spiro atoms. The number of sulfonamides is 1. The number of ether oxygens (including phenoxy) is 1. The SMILES string of the molecule is CCOC(=O)CC(C)NCCNS(C)(=O)=O. The first kappa shape index (κ1) is 15.3. The van der Waals surface area contributed by atoms with Crippen LogP contribution >= 0.6 is 0 Å². The molecule has 1 unspecified atom stereocenters. The lowest BCUT2D eigenvalue weighted by Crippen LogP contribution is -2.36. The molecule has 7 heteroatoms. The number of esters is 1. The molecular formula is C9H20N2O4S. The molecule has 0 fully saturated rings. The summed E-state index contributed by atoms with van der Waals surface area (Å²) >= 11 is 0. The van der Waals surface area contributed by atoms with Gasteiger partial charge in [0, 0.05) is 19.1 Å². The van der Waals surface area contributed by atoms with Crippen molar-refractivity contribution in [3.05, 3.63) is 0 Å². The Labute approximate surface area is 96.8 Å². The second-order valence-electron chi connectivity index (χ2n) is 3.53. The van der Waals surface area contributed by atoms with Gasteiger partial charge in [-0.15, -0.1) is 0 Å².